The Morgan fingerprint density at radius 3 is 2.61 bits per heavy atom. The Bertz CT molecular complexity index is 1060. The molecule has 3 aromatic rings. The molecule has 0 bridgehead atoms. The maximum atomic E-state index is 12.1. The topological polar surface area (TPSA) is 109 Å². The highest BCUT2D eigenvalue weighted by Crippen LogP contribution is 2.19. The van der Waals surface area contributed by atoms with Crippen molar-refractivity contribution in [2.75, 3.05) is 19.6 Å². The highest BCUT2D eigenvalue weighted by Gasteiger charge is 2.14. The van der Waals surface area contributed by atoms with E-state index in [1.165, 1.54) is 16.9 Å². The number of benzene rings is 1. The lowest BCUT2D eigenvalue weighted by Gasteiger charge is -2.11. The predicted octanol–water partition coefficient (Wildman–Crippen LogP) is 3.36. The number of rotatable bonds is 9. The number of halogens is 1. The van der Waals surface area contributed by atoms with E-state index in [1.807, 2.05) is 38.1 Å². The van der Waals surface area contributed by atoms with Gasteiger partial charge in [0.05, 0.1) is 6.54 Å². The Morgan fingerprint density at radius 2 is 1.94 bits per heavy atom. The molecule has 2 aromatic heterocycles. The van der Waals surface area contributed by atoms with Gasteiger partial charge in [0.2, 0.25) is 15.9 Å². The highest BCUT2D eigenvalue weighted by molar-refractivity contribution is 14.0. The van der Waals surface area contributed by atoms with Crippen molar-refractivity contribution < 1.29 is 12.8 Å². The summed E-state index contributed by atoms with van der Waals surface area (Å²) in [4.78, 5) is 8.97. The molecular formula is C20H26IN5O3S2. The molecule has 168 valence electrons. The van der Waals surface area contributed by atoms with E-state index in [0.29, 0.717) is 41.4 Å². The zero-order chi connectivity index (χ0) is 21.4. The van der Waals surface area contributed by atoms with Crippen LogP contribution in [-0.2, 0) is 16.6 Å². The molecule has 2 heterocycles. The molecule has 8 nitrogen and oxygen atoms in total. The van der Waals surface area contributed by atoms with Crippen molar-refractivity contribution in [3.8, 4) is 11.5 Å². The molecule has 3 N–H and O–H groups in total. The van der Waals surface area contributed by atoms with E-state index >= 15 is 0 Å². The van der Waals surface area contributed by atoms with Crippen LogP contribution in [-0.4, -0.2) is 39.0 Å². The average molecular weight is 575 g/mol. The molecule has 0 aliphatic heterocycles. The summed E-state index contributed by atoms with van der Waals surface area (Å²) in [5.74, 6) is 1.13. The van der Waals surface area contributed by atoms with Crippen LogP contribution in [0.2, 0.25) is 0 Å². The van der Waals surface area contributed by atoms with Crippen LogP contribution in [0.15, 0.2) is 61.7 Å². The normalized spacial score (nSPS) is 11.7. The largest absolute Gasteiger partial charge is 0.444 e. The molecule has 0 spiro atoms. The van der Waals surface area contributed by atoms with E-state index in [2.05, 4.69) is 25.3 Å². The fourth-order valence-corrected chi connectivity index (χ4v) is 4.63. The van der Waals surface area contributed by atoms with E-state index < -0.39 is 10.0 Å². The molecule has 0 aliphatic carbocycles. The van der Waals surface area contributed by atoms with Gasteiger partial charge in [0.1, 0.15) is 16.2 Å². The second kappa shape index (κ2) is 12.2. The Balaban J connectivity index is 0.00000341. The molecule has 0 saturated heterocycles. The number of aryl methyl sites for hydroxylation is 1. The van der Waals surface area contributed by atoms with Crippen LogP contribution in [0.1, 0.15) is 18.2 Å². The number of hydrogen-bond donors (Lipinski definition) is 3. The van der Waals surface area contributed by atoms with E-state index in [1.54, 1.807) is 23.8 Å². The first-order chi connectivity index (χ1) is 14.5. The van der Waals surface area contributed by atoms with E-state index in [-0.39, 0.29) is 30.5 Å². The fraction of sp³-hybridized carbons (Fsp3) is 0.300. The molecule has 0 saturated carbocycles. The third-order valence-electron chi connectivity index (χ3n) is 4.06. The van der Waals surface area contributed by atoms with Crippen LogP contribution in [0.3, 0.4) is 0 Å². The van der Waals surface area contributed by atoms with Crippen LogP contribution in [0.25, 0.3) is 11.5 Å². The third kappa shape index (κ3) is 7.59. The van der Waals surface area contributed by atoms with Gasteiger partial charge < -0.3 is 15.1 Å². The molecule has 31 heavy (non-hydrogen) atoms. The van der Waals surface area contributed by atoms with Gasteiger partial charge in [-0.2, -0.15) is 0 Å². The lowest BCUT2D eigenvalue weighted by molar-refractivity contribution is 0.572. The van der Waals surface area contributed by atoms with Crippen molar-refractivity contribution in [1.82, 2.24) is 20.3 Å². The smallest absolute Gasteiger partial charge is 0.250 e. The lowest BCUT2D eigenvalue weighted by Crippen LogP contribution is -2.41. The van der Waals surface area contributed by atoms with Crippen molar-refractivity contribution in [3.63, 3.8) is 0 Å². The lowest BCUT2D eigenvalue weighted by atomic mass is 10.1. The van der Waals surface area contributed by atoms with Crippen LogP contribution in [0.4, 0.5) is 0 Å². The van der Waals surface area contributed by atoms with Crippen LogP contribution in [0, 0.1) is 6.92 Å². The minimum Gasteiger partial charge on any atom is -0.444 e. The standard InChI is InChI=1S/C20H25N5O3S2.HI/c1-3-21-20(22-10-11-24-30(26,27)18-5-4-12-29-18)23-13-17-14-28-19(25-17)16-8-6-15(2)7-9-16;/h4-9,12,14,24H,3,10-11,13H2,1-2H3,(H2,21,22,23);1H. The zero-order valence-electron chi connectivity index (χ0n) is 17.3. The van der Waals surface area contributed by atoms with E-state index in [0.717, 1.165) is 5.56 Å². The molecule has 0 radical (unpaired) electrons. The maximum Gasteiger partial charge on any atom is 0.250 e. The molecule has 0 fully saturated rings. The van der Waals surface area contributed by atoms with E-state index in [9.17, 15) is 8.42 Å². The van der Waals surface area contributed by atoms with Crippen molar-refractivity contribution in [3.05, 3.63) is 59.3 Å². The number of hydrogen-bond acceptors (Lipinski definition) is 6. The summed E-state index contributed by atoms with van der Waals surface area (Å²) in [6.07, 6.45) is 1.59. The molecule has 1 aromatic carbocycles. The molecule has 0 aliphatic rings. The summed E-state index contributed by atoms with van der Waals surface area (Å²) >= 11 is 1.19. The molecule has 3 rings (SSSR count). The predicted molar refractivity (Wildman–Crippen MR) is 134 cm³/mol. The Labute approximate surface area is 203 Å². The minimum atomic E-state index is -3.46. The number of thiophene rings is 1. The summed E-state index contributed by atoms with van der Waals surface area (Å²) in [5.41, 5.74) is 2.80. The maximum absolute atomic E-state index is 12.1. The third-order valence-corrected chi connectivity index (χ3v) is 6.92. The quantitative estimate of drug-likeness (QED) is 0.156. The number of aliphatic imine (C=N–C) groups is 1. The first-order valence-electron chi connectivity index (χ1n) is 9.54. The van der Waals surface area contributed by atoms with Gasteiger partial charge in [-0.1, -0.05) is 23.8 Å². The van der Waals surface area contributed by atoms with Crippen LogP contribution < -0.4 is 15.4 Å². The number of guanidine groups is 1. The van der Waals surface area contributed by atoms with Crippen molar-refractivity contribution in [2.45, 2.75) is 24.6 Å². The molecule has 0 atom stereocenters. The van der Waals surface area contributed by atoms with Gasteiger partial charge in [0, 0.05) is 25.2 Å². The molecule has 0 amide bonds. The first-order valence-corrected chi connectivity index (χ1v) is 11.9. The molecule has 11 heteroatoms. The van der Waals surface area contributed by atoms with Gasteiger partial charge in [-0.15, -0.1) is 35.3 Å². The fourth-order valence-electron chi connectivity index (χ4n) is 2.56. The zero-order valence-corrected chi connectivity index (χ0v) is 21.3. The average Bonchev–Trinajstić information content (AvgIpc) is 3.42. The van der Waals surface area contributed by atoms with Gasteiger partial charge in [0.15, 0.2) is 5.96 Å². The number of nitrogens with zero attached hydrogens (tertiary/aromatic N) is 2. The van der Waals surface area contributed by atoms with Crippen LogP contribution in [0.5, 0.6) is 0 Å². The van der Waals surface area contributed by atoms with Gasteiger partial charge >= 0.3 is 0 Å². The van der Waals surface area contributed by atoms with Gasteiger partial charge in [-0.3, -0.25) is 0 Å². The Kier molecular flexibility index (Phi) is 9.93. The van der Waals surface area contributed by atoms with E-state index in [4.69, 9.17) is 4.42 Å². The summed E-state index contributed by atoms with van der Waals surface area (Å²) in [6.45, 7) is 5.64. The number of sulfonamides is 1. The number of oxazole rings is 1. The van der Waals surface area contributed by atoms with Crippen molar-refractivity contribution >= 4 is 51.3 Å². The first kappa shape index (κ1) is 25.3. The SMILES string of the molecule is CCNC(=NCc1coc(-c2ccc(C)cc2)n1)NCCNS(=O)(=O)c1cccs1.I. The summed E-state index contributed by atoms with van der Waals surface area (Å²) in [6, 6.07) is 11.2. The van der Waals surface area contributed by atoms with Gasteiger partial charge in [-0.05, 0) is 37.4 Å². The Hall–Kier alpha value is -1.96. The summed E-state index contributed by atoms with van der Waals surface area (Å²) in [5, 5.41) is 7.97. The monoisotopic (exact) mass is 575 g/mol. The van der Waals surface area contributed by atoms with Gasteiger partial charge in [-0.25, -0.2) is 23.1 Å². The highest BCUT2D eigenvalue weighted by atomic mass is 127. The number of nitrogens with one attached hydrogen (secondary N) is 3. The van der Waals surface area contributed by atoms with Crippen molar-refractivity contribution in [1.29, 1.82) is 0 Å². The minimum absolute atomic E-state index is 0. The second-order valence-electron chi connectivity index (χ2n) is 6.46. The summed E-state index contributed by atoms with van der Waals surface area (Å²) in [7, 11) is -3.46. The molecule has 0 unspecified atom stereocenters. The van der Waals surface area contributed by atoms with Crippen LogP contribution >= 0.6 is 35.3 Å². The van der Waals surface area contributed by atoms with Crippen molar-refractivity contribution in [2.24, 2.45) is 4.99 Å². The summed E-state index contributed by atoms with van der Waals surface area (Å²) < 4.78 is 32.7. The van der Waals surface area contributed by atoms with Gasteiger partial charge in [0.25, 0.3) is 0 Å². The second-order valence-corrected chi connectivity index (χ2v) is 9.40. The molecular weight excluding hydrogens is 549 g/mol. The number of aromatic nitrogens is 1. The Morgan fingerprint density at radius 1 is 1.16 bits per heavy atom.